The first-order chi connectivity index (χ1) is 13.0. The van der Waals surface area contributed by atoms with Crippen molar-refractivity contribution in [2.45, 2.75) is 27.3 Å². The molecule has 3 aromatic rings. The molecule has 1 aromatic carbocycles. The maximum absolute atomic E-state index is 12.3. The van der Waals surface area contributed by atoms with Crippen molar-refractivity contribution in [3.63, 3.8) is 0 Å². The number of rotatable bonds is 5. The van der Waals surface area contributed by atoms with Gasteiger partial charge >= 0.3 is 0 Å². The van der Waals surface area contributed by atoms with Gasteiger partial charge in [0.1, 0.15) is 16.5 Å². The minimum atomic E-state index is -0.110. The number of anilines is 1. The van der Waals surface area contributed by atoms with Crippen molar-refractivity contribution in [1.29, 1.82) is 0 Å². The van der Waals surface area contributed by atoms with Crippen molar-refractivity contribution in [2.75, 3.05) is 18.7 Å². The highest BCUT2D eigenvalue weighted by Gasteiger charge is 2.15. The number of nitrogens with zero attached hydrogens (tertiary/aromatic N) is 2. The topological polar surface area (TPSA) is 85.4 Å². The molecule has 2 N–H and O–H groups in total. The highest BCUT2D eigenvalue weighted by Crippen LogP contribution is 2.33. The van der Waals surface area contributed by atoms with E-state index in [0.717, 1.165) is 27.1 Å². The van der Waals surface area contributed by atoms with Gasteiger partial charge in [0.2, 0.25) is 12.7 Å². The zero-order chi connectivity index (χ0) is 19.0. The summed E-state index contributed by atoms with van der Waals surface area (Å²) in [6, 6.07) is 5.64. The van der Waals surface area contributed by atoms with Crippen LogP contribution in [0.4, 0.5) is 5.82 Å². The van der Waals surface area contributed by atoms with Crippen LogP contribution >= 0.6 is 11.3 Å². The molecule has 1 amide bonds. The third-order valence-corrected chi connectivity index (χ3v) is 5.58. The highest BCUT2D eigenvalue weighted by atomic mass is 32.1. The molecule has 8 heteroatoms. The summed E-state index contributed by atoms with van der Waals surface area (Å²) in [7, 11) is 0. The number of aryl methyl sites for hydroxylation is 3. The van der Waals surface area contributed by atoms with Crippen molar-refractivity contribution < 1.29 is 14.3 Å². The molecule has 0 atom stereocenters. The monoisotopic (exact) mass is 384 g/mol. The second kappa shape index (κ2) is 7.03. The van der Waals surface area contributed by atoms with Gasteiger partial charge in [0.05, 0.1) is 11.9 Å². The van der Waals surface area contributed by atoms with Gasteiger partial charge in [0.25, 0.3) is 0 Å². The Bertz CT molecular complexity index is 1030. The van der Waals surface area contributed by atoms with E-state index in [-0.39, 0.29) is 19.2 Å². The summed E-state index contributed by atoms with van der Waals surface area (Å²) in [5.41, 5.74) is 2.11. The molecule has 3 heterocycles. The van der Waals surface area contributed by atoms with Crippen LogP contribution in [0.25, 0.3) is 10.2 Å². The normalized spacial score (nSPS) is 12.4. The molecule has 140 valence electrons. The molecule has 0 spiro atoms. The lowest BCUT2D eigenvalue weighted by Crippen LogP contribution is -2.29. The number of ether oxygens (including phenoxy) is 2. The molecule has 4 rings (SSSR count). The fourth-order valence-corrected chi connectivity index (χ4v) is 4.04. The largest absolute Gasteiger partial charge is 0.454 e. The van der Waals surface area contributed by atoms with Gasteiger partial charge in [-0.15, -0.1) is 11.3 Å². The summed E-state index contributed by atoms with van der Waals surface area (Å²) in [5.74, 6) is 2.73. The summed E-state index contributed by atoms with van der Waals surface area (Å²) in [6.07, 6.45) is 0. The Morgan fingerprint density at radius 2 is 2.00 bits per heavy atom. The van der Waals surface area contributed by atoms with Crippen molar-refractivity contribution in [1.82, 2.24) is 15.3 Å². The zero-order valence-corrected chi connectivity index (χ0v) is 16.2. The third kappa shape index (κ3) is 3.52. The number of benzene rings is 1. The van der Waals surface area contributed by atoms with E-state index < -0.39 is 0 Å². The molecule has 1 aliphatic rings. The van der Waals surface area contributed by atoms with Gasteiger partial charge in [0, 0.05) is 11.4 Å². The SMILES string of the molecule is Cc1nc(NCC(=O)NCc2ccc3c(c2)OCO3)c2c(C)c(C)sc2n1. The smallest absolute Gasteiger partial charge is 0.239 e. The molecule has 7 nitrogen and oxygen atoms in total. The van der Waals surface area contributed by atoms with Gasteiger partial charge in [0.15, 0.2) is 11.5 Å². The summed E-state index contributed by atoms with van der Waals surface area (Å²) in [6.45, 7) is 6.78. The van der Waals surface area contributed by atoms with Crippen molar-refractivity contribution in [3.8, 4) is 11.5 Å². The molecule has 0 aliphatic carbocycles. The lowest BCUT2D eigenvalue weighted by Gasteiger charge is -2.10. The molecule has 0 bridgehead atoms. The number of carbonyl (C=O) groups is 1. The van der Waals surface area contributed by atoms with E-state index >= 15 is 0 Å². The molecule has 0 saturated carbocycles. The fourth-order valence-electron chi connectivity index (χ4n) is 2.96. The van der Waals surface area contributed by atoms with Crippen LogP contribution in [0.15, 0.2) is 18.2 Å². The Morgan fingerprint density at radius 1 is 1.19 bits per heavy atom. The molecule has 2 aromatic heterocycles. The lowest BCUT2D eigenvalue weighted by molar-refractivity contribution is -0.119. The Kier molecular flexibility index (Phi) is 4.57. The molecular formula is C19H20N4O3S. The fraction of sp³-hybridized carbons (Fsp3) is 0.316. The zero-order valence-electron chi connectivity index (χ0n) is 15.4. The Hall–Kier alpha value is -2.87. The van der Waals surface area contributed by atoms with Crippen molar-refractivity contribution >= 4 is 33.3 Å². The van der Waals surface area contributed by atoms with E-state index in [1.807, 2.05) is 25.1 Å². The molecule has 0 saturated heterocycles. The summed E-state index contributed by atoms with van der Waals surface area (Å²) in [4.78, 5) is 23.4. The van der Waals surface area contributed by atoms with Gasteiger partial charge in [-0.1, -0.05) is 6.07 Å². The first-order valence-corrected chi connectivity index (χ1v) is 9.46. The third-order valence-electron chi connectivity index (χ3n) is 4.48. The summed E-state index contributed by atoms with van der Waals surface area (Å²) in [5, 5.41) is 7.06. The highest BCUT2D eigenvalue weighted by molar-refractivity contribution is 7.18. The maximum atomic E-state index is 12.3. The number of nitrogens with one attached hydrogen (secondary N) is 2. The summed E-state index contributed by atoms with van der Waals surface area (Å²) < 4.78 is 10.6. The van der Waals surface area contributed by atoms with Gasteiger partial charge in [-0.05, 0) is 44.0 Å². The molecule has 0 unspecified atom stereocenters. The van der Waals surface area contributed by atoms with Crippen LogP contribution < -0.4 is 20.1 Å². The van der Waals surface area contributed by atoms with Crippen LogP contribution in [0.2, 0.25) is 0 Å². The average molecular weight is 384 g/mol. The second-order valence-corrected chi connectivity index (χ2v) is 7.60. The number of aromatic nitrogens is 2. The van der Waals surface area contributed by atoms with Crippen LogP contribution in [0.1, 0.15) is 21.8 Å². The quantitative estimate of drug-likeness (QED) is 0.703. The number of thiophene rings is 1. The molecule has 1 aliphatic heterocycles. The Balaban J connectivity index is 1.40. The lowest BCUT2D eigenvalue weighted by atomic mass is 10.2. The van der Waals surface area contributed by atoms with Crippen molar-refractivity contribution in [2.24, 2.45) is 0 Å². The van der Waals surface area contributed by atoms with Crippen LogP contribution in [-0.2, 0) is 11.3 Å². The number of carbonyl (C=O) groups excluding carboxylic acids is 1. The molecule has 0 fully saturated rings. The Labute approximate surface area is 160 Å². The van der Waals surface area contributed by atoms with E-state index in [0.29, 0.717) is 23.9 Å². The first-order valence-electron chi connectivity index (χ1n) is 8.64. The predicted octanol–water partition coefficient (Wildman–Crippen LogP) is 3.07. The van der Waals surface area contributed by atoms with Gasteiger partial charge in [-0.2, -0.15) is 0 Å². The van der Waals surface area contributed by atoms with Crippen LogP contribution in [-0.4, -0.2) is 29.2 Å². The minimum Gasteiger partial charge on any atom is -0.454 e. The number of hydrogen-bond donors (Lipinski definition) is 2. The van der Waals surface area contributed by atoms with E-state index in [2.05, 4.69) is 34.4 Å². The van der Waals surface area contributed by atoms with Crippen LogP contribution in [0.3, 0.4) is 0 Å². The maximum Gasteiger partial charge on any atom is 0.239 e. The van der Waals surface area contributed by atoms with Gasteiger partial charge in [-0.25, -0.2) is 9.97 Å². The first kappa shape index (κ1) is 17.5. The average Bonchev–Trinajstić information content (AvgIpc) is 3.22. The number of amides is 1. The molecule has 0 radical (unpaired) electrons. The van der Waals surface area contributed by atoms with Crippen LogP contribution in [0, 0.1) is 20.8 Å². The Morgan fingerprint density at radius 3 is 2.85 bits per heavy atom. The molecular weight excluding hydrogens is 364 g/mol. The second-order valence-electron chi connectivity index (χ2n) is 6.40. The van der Waals surface area contributed by atoms with Gasteiger partial charge < -0.3 is 20.1 Å². The summed E-state index contributed by atoms with van der Waals surface area (Å²) >= 11 is 1.64. The van der Waals surface area contributed by atoms with Crippen LogP contribution in [0.5, 0.6) is 11.5 Å². The van der Waals surface area contributed by atoms with Gasteiger partial charge in [-0.3, -0.25) is 4.79 Å². The van der Waals surface area contributed by atoms with E-state index in [1.165, 1.54) is 4.88 Å². The van der Waals surface area contributed by atoms with E-state index in [9.17, 15) is 4.79 Å². The minimum absolute atomic E-state index is 0.110. The predicted molar refractivity (Wildman–Crippen MR) is 105 cm³/mol. The van der Waals surface area contributed by atoms with Crippen molar-refractivity contribution in [3.05, 3.63) is 40.0 Å². The van der Waals surface area contributed by atoms with E-state index in [1.54, 1.807) is 11.3 Å². The number of hydrogen-bond acceptors (Lipinski definition) is 7. The standard InChI is InChI=1S/C19H20N4O3S/c1-10-11(2)27-19-17(10)18(22-12(3)23-19)21-8-16(24)20-7-13-4-5-14-15(6-13)26-9-25-14/h4-6H,7-9H2,1-3H3,(H,20,24)(H,21,22,23). The number of fused-ring (bicyclic) bond motifs is 2. The molecule has 27 heavy (non-hydrogen) atoms. The van der Waals surface area contributed by atoms with E-state index in [4.69, 9.17) is 9.47 Å².